The van der Waals surface area contributed by atoms with Crippen LogP contribution in [0.25, 0.3) is 11.3 Å². The minimum absolute atomic E-state index is 0.0940. The fourth-order valence-electron chi connectivity index (χ4n) is 3.62. The van der Waals surface area contributed by atoms with Crippen molar-refractivity contribution in [1.29, 1.82) is 5.26 Å². The van der Waals surface area contributed by atoms with E-state index in [1.165, 1.54) is 24.3 Å². The summed E-state index contributed by atoms with van der Waals surface area (Å²) in [6, 6.07) is 8.98. The summed E-state index contributed by atoms with van der Waals surface area (Å²) in [5.41, 5.74) is -0.177. The third kappa shape index (κ3) is 5.44. The summed E-state index contributed by atoms with van der Waals surface area (Å²) in [6.07, 6.45) is -4.36. The molecule has 3 heterocycles. The Morgan fingerprint density at radius 3 is 2.79 bits per heavy atom. The lowest BCUT2D eigenvalue weighted by Crippen LogP contribution is -2.43. The molecule has 12 heteroatoms. The van der Waals surface area contributed by atoms with Crippen LogP contribution < -0.4 is 5.32 Å². The number of alkyl halides is 3. The van der Waals surface area contributed by atoms with Crippen LogP contribution in [0.5, 0.6) is 0 Å². The normalized spacial score (nSPS) is 15.6. The van der Waals surface area contributed by atoms with Crippen LogP contribution in [0.1, 0.15) is 34.4 Å². The number of hydrogen-bond donors (Lipinski definition) is 1. The van der Waals surface area contributed by atoms with Crippen LogP contribution in [0.4, 0.5) is 18.3 Å². The van der Waals surface area contributed by atoms with Gasteiger partial charge >= 0.3 is 6.18 Å². The van der Waals surface area contributed by atoms with Gasteiger partial charge in [0.1, 0.15) is 11.6 Å². The van der Waals surface area contributed by atoms with Crippen molar-refractivity contribution < 1.29 is 27.1 Å². The van der Waals surface area contributed by atoms with Gasteiger partial charge in [0.2, 0.25) is 10.9 Å². The van der Waals surface area contributed by atoms with Crippen molar-refractivity contribution >= 4 is 22.6 Å². The molecule has 1 unspecified atom stereocenters. The molecule has 3 aromatic rings. The van der Waals surface area contributed by atoms with Crippen molar-refractivity contribution in [2.45, 2.75) is 25.6 Å². The SMILES string of the molecule is CC(Cc1nsc(NC(=O)c2cc(-c3cccc(C#N)c3)oc2C(F)(F)F)n1)N1CCOCC1. The lowest BCUT2D eigenvalue weighted by molar-refractivity contribution is -0.153. The molecule has 0 saturated carbocycles. The quantitative estimate of drug-likeness (QED) is 0.551. The van der Waals surface area contributed by atoms with Crippen LogP contribution in [0.2, 0.25) is 0 Å². The maximum atomic E-state index is 13.6. The third-order valence-electron chi connectivity index (χ3n) is 5.35. The highest BCUT2D eigenvalue weighted by molar-refractivity contribution is 7.09. The molecule has 178 valence electrons. The first-order valence-electron chi connectivity index (χ1n) is 10.4. The van der Waals surface area contributed by atoms with Gasteiger partial charge in [-0.3, -0.25) is 15.0 Å². The first kappa shape index (κ1) is 23.9. The summed E-state index contributed by atoms with van der Waals surface area (Å²) < 4.78 is 55.3. The molecule has 1 atom stereocenters. The molecule has 1 aliphatic heterocycles. The van der Waals surface area contributed by atoms with Gasteiger partial charge in [-0.2, -0.15) is 22.8 Å². The number of halogens is 3. The molecule has 1 aromatic carbocycles. The number of aromatic nitrogens is 2. The number of amides is 1. The Bertz CT molecular complexity index is 1210. The zero-order valence-electron chi connectivity index (χ0n) is 18.1. The van der Waals surface area contributed by atoms with Crippen molar-refractivity contribution in [1.82, 2.24) is 14.3 Å². The summed E-state index contributed by atoms with van der Waals surface area (Å²) in [6.45, 7) is 4.95. The second-order valence-electron chi connectivity index (χ2n) is 7.72. The Hall–Kier alpha value is -3.27. The van der Waals surface area contributed by atoms with Crippen molar-refractivity contribution in [2.75, 3.05) is 31.6 Å². The Morgan fingerprint density at radius 2 is 2.09 bits per heavy atom. The third-order valence-corrected chi connectivity index (χ3v) is 6.01. The average Bonchev–Trinajstić information content (AvgIpc) is 3.47. The van der Waals surface area contributed by atoms with E-state index < -0.39 is 23.4 Å². The lowest BCUT2D eigenvalue weighted by atomic mass is 10.1. The fraction of sp³-hybridized carbons (Fsp3) is 0.364. The molecule has 1 saturated heterocycles. The highest BCUT2D eigenvalue weighted by Crippen LogP contribution is 2.37. The van der Waals surface area contributed by atoms with Gasteiger partial charge in [-0.05, 0) is 25.1 Å². The van der Waals surface area contributed by atoms with Crippen LogP contribution >= 0.6 is 11.5 Å². The predicted molar refractivity (Wildman–Crippen MR) is 117 cm³/mol. The Labute approximate surface area is 197 Å². The van der Waals surface area contributed by atoms with Crippen LogP contribution in [-0.4, -0.2) is 52.5 Å². The molecule has 1 amide bonds. The summed E-state index contributed by atoms with van der Waals surface area (Å²) in [4.78, 5) is 19.2. The molecule has 1 aliphatic rings. The maximum Gasteiger partial charge on any atom is 0.450 e. The monoisotopic (exact) mass is 491 g/mol. The van der Waals surface area contributed by atoms with E-state index in [0.717, 1.165) is 30.7 Å². The molecular formula is C22H20F3N5O3S. The van der Waals surface area contributed by atoms with Crippen molar-refractivity contribution in [2.24, 2.45) is 0 Å². The molecule has 8 nitrogen and oxygen atoms in total. The lowest BCUT2D eigenvalue weighted by Gasteiger charge is -2.31. The van der Waals surface area contributed by atoms with E-state index in [-0.39, 0.29) is 28.1 Å². The zero-order valence-corrected chi connectivity index (χ0v) is 18.9. The van der Waals surface area contributed by atoms with Crippen LogP contribution in [0, 0.1) is 11.3 Å². The minimum atomic E-state index is -4.89. The van der Waals surface area contributed by atoms with Gasteiger partial charge in [0.05, 0.1) is 30.4 Å². The number of rotatable bonds is 6. The molecule has 1 N–H and O–H groups in total. The molecule has 0 spiro atoms. The van der Waals surface area contributed by atoms with Gasteiger partial charge < -0.3 is 9.15 Å². The average molecular weight is 491 g/mol. The fourth-order valence-corrected chi connectivity index (χ4v) is 4.21. The summed E-state index contributed by atoms with van der Waals surface area (Å²) >= 11 is 0.898. The van der Waals surface area contributed by atoms with Crippen molar-refractivity contribution in [3.8, 4) is 17.4 Å². The number of carbonyl (C=O) groups excluding carboxylic acids is 1. The molecule has 1 fully saturated rings. The Kier molecular flexibility index (Phi) is 6.97. The minimum Gasteiger partial charge on any atom is -0.451 e. The van der Waals surface area contributed by atoms with Gasteiger partial charge in [0, 0.05) is 42.6 Å². The van der Waals surface area contributed by atoms with E-state index in [1.807, 2.05) is 13.0 Å². The van der Waals surface area contributed by atoms with Crippen LogP contribution in [0.3, 0.4) is 0 Å². The molecule has 34 heavy (non-hydrogen) atoms. The second-order valence-corrected chi connectivity index (χ2v) is 8.47. The van der Waals surface area contributed by atoms with Crippen molar-refractivity contribution in [3.63, 3.8) is 0 Å². The van der Waals surface area contributed by atoms with Crippen molar-refractivity contribution in [3.05, 3.63) is 53.0 Å². The maximum absolute atomic E-state index is 13.6. The number of furan rings is 1. The first-order chi connectivity index (χ1) is 16.2. The van der Waals surface area contributed by atoms with E-state index in [0.29, 0.717) is 25.5 Å². The Balaban J connectivity index is 1.51. The number of carbonyl (C=O) groups is 1. The van der Waals surface area contributed by atoms with Crippen LogP contribution in [0.15, 0.2) is 34.7 Å². The number of ether oxygens (including phenoxy) is 1. The van der Waals surface area contributed by atoms with Gasteiger partial charge in [-0.1, -0.05) is 12.1 Å². The molecule has 0 bridgehead atoms. The summed E-state index contributed by atoms with van der Waals surface area (Å²) in [5.74, 6) is -2.11. The van der Waals surface area contributed by atoms with E-state index in [1.54, 1.807) is 0 Å². The van der Waals surface area contributed by atoms with Crippen LogP contribution in [-0.2, 0) is 17.3 Å². The van der Waals surface area contributed by atoms with E-state index >= 15 is 0 Å². The first-order valence-corrected chi connectivity index (χ1v) is 11.2. The van der Waals surface area contributed by atoms with Gasteiger partial charge in [0.15, 0.2) is 0 Å². The Morgan fingerprint density at radius 1 is 1.32 bits per heavy atom. The van der Waals surface area contributed by atoms with Gasteiger partial charge in [-0.15, -0.1) is 0 Å². The van der Waals surface area contributed by atoms with E-state index in [2.05, 4.69) is 19.6 Å². The van der Waals surface area contributed by atoms with E-state index in [9.17, 15) is 18.0 Å². The molecule has 0 radical (unpaired) electrons. The standard InChI is InChI=1S/C22H20F3N5O3S/c1-13(30-5-7-32-8-6-30)9-18-27-21(34-29-18)28-20(31)16-11-17(33-19(16)22(23,24)25)15-4-2-3-14(10-15)12-26/h2-4,10-11,13H,5-9H2,1H3,(H,27,28,29,31). The van der Waals surface area contributed by atoms with Gasteiger partial charge in [-0.25, -0.2) is 4.98 Å². The number of nitrogens with zero attached hydrogens (tertiary/aromatic N) is 4. The summed E-state index contributed by atoms with van der Waals surface area (Å²) in [7, 11) is 0. The zero-order chi connectivity index (χ0) is 24.3. The second kappa shape index (κ2) is 9.92. The number of nitrogens with one attached hydrogen (secondary N) is 1. The van der Waals surface area contributed by atoms with E-state index in [4.69, 9.17) is 14.4 Å². The summed E-state index contributed by atoms with van der Waals surface area (Å²) in [5, 5.41) is 11.5. The predicted octanol–water partition coefficient (Wildman–Crippen LogP) is 4.20. The number of anilines is 1. The highest BCUT2D eigenvalue weighted by atomic mass is 32.1. The molecular weight excluding hydrogens is 471 g/mol. The molecule has 2 aromatic heterocycles. The smallest absolute Gasteiger partial charge is 0.450 e. The number of nitriles is 1. The highest BCUT2D eigenvalue weighted by Gasteiger charge is 2.40. The molecule has 0 aliphatic carbocycles. The number of morpholine rings is 1. The number of benzene rings is 1. The molecule has 4 rings (SSSR count). The topological polar surface area (TPSA) is 104 Å². The largest absolute Gasteiger partial charge is 0.451 e. The number of hydrogen-bond acceptors (Lipinski definition) is 8. The van der Waals surface area contributed by atoms with Gasteiger partial charge in [0.25, 0.3) is 5.91 Å².